The topological polar surface area (TPSA) is 54.0 Å². The monoisotopic (exact) mass is 316 g/mol. The summed E-state index contributed by atoms with van der Waals surface area (Å²) in [6.45, 7) is 5.09. The largest absolute Gasteiger partial charge is 0.496 e. The lowest BCUT2D eigenvalue weighted by molar-refractivity contribution is -0.144. The van der Waals surface area contributed by atoms with Crippen LogP contribution in [0.25, 0.3) is 10.8 Å². The van der Waals surface area contributed by atoms with E-state index in [0.29, 0.717) is 22.8 Å². The van der Waals surface area contributed by atoms with Gasteiger partial charge < -0.3 is 18.9 Å². The van der Waals surface area contributed by atoms with Crippen LogP contribution < -0.4 is 14.2 Å². The number of rotatable bonds is 6. The van der Waals surface area contributed by atoms with Gasteiger partial charge in [0, 0.05) is 17.9 Å². The molecule has 0 fully saturated rings. The second-order valence-electron chi connectivity index (χ2n) is 4.85. The Kier molecular flexibility index (Phi) is 5.11. The van der Waals surface area contributed by atoms with Crippen molar-refractivity contribution in [3.8, 4) is 17.2 Å². The number of carbonyl (C=O) groups is 1. The van der Waals surface area contributed by atoms with Crippen molar-refractivity contribution in [1.82, 2.24) is 0 Å². The van der Waals surface area contributed by atoms with E-state index in [1.54, 1.807) is 33.5 Å². The summed E-state index contributed by atoms with van der Waals surface area (Å²) in [6, 6.07) is 7.39. The molecular formula is C18H20O5. The average molecular weight is 316 g/mol. The molecule has 0 aromatic heterocycles. The predicted octanol–water partition coefficient (Wildman–Crippen LogP) is 3.66. The number of methoxy groups -OCH3 is 3. The minimum atomic E-state index is -0.632. The number of hydrogen-bond acceptors (Lipinski definition) is 5. The molecular weight excluding hydrogens is 296 g/mol. The van der Waals surface area contributed by atoms with Gasteiger partial charge >= 0.3 is 5.97 Å². The highest BCUT2D eigenvalue weighted by atomic mass is 16.5. The van der Waals surface area contributed by atoms with Crippen LogP contribution in [0.2, 0.25) is 0 Å². The number of fused-ring (bicyclic) bond motifs is 1. The fourth-order valence-corrected chi connectivity index (χ4v) is 2.60. The maximum absolute atomic E-state index is 11.3. The van der Waals surface area contributed by atoms with E-state index in [1.807, 2.05) is 18.2 Å². The third-order valence-electron chi connectivity index (χ3n) is 3.52. The van der Waals surface area contributed by atoms with Crippen LogP contribution in [0.3, 0.4) is 0 Å². The van der Waals surface area contributed by atoms with Gasteiger partial charge in [-0.1, -0.05) is 18.7 Å². The molecule has 0 aliphatic heterocycles. The molecule has 0 amide bonds. The zero-order valence-electron chi connectivity index (χ0n) is 13.7. The maximum Gasteiger partial charge on any atom is 0.303 e. The predicted molar refractivity (Wildman–Crippen MR) is 88.3 cm³/mol. The van der Waals surface area contributed by atoms with Gasteiger partial charge in [0.15, 0.2) is 0 Å². The molecule has 2 aromatic rings. The third kappa shape index (κ3) is 3.08. The molecule has 5 heteroatoms. The average Bonchev–Trinajstić information content (AvgIpc) is 2.57. The van der Waals surface area contributed by atoms with Gasteiger partial charge in [0.25, 0.3) is 0 Å². The van der Waals surface area contributed by atoms with Crippen molar-refractivity contribution >= 4 is 16.7 Å². The van der Waals surface area contributed by atoms with Gasteiger partial charge in [-0.3, -0.25) is 4.79 Å². The molecule has 0 N–H and O–H groups in total. The lowest BCUT2D eigenvalue weighted by Crippen LogP contribution is -2.08. The van der Waals surface area contributed by atoms with Gasteiger partial charge in [-0.25, -0.2) is 0 Å². The highest BCUT2D eigenvalue weighted by Gasteiger charge is 2.22. The lowest BCUT2D eigenvalue weighted by atomic mass is 9.99. The first kappa shape index (κ1) is 16.7. The first-order valence-electron chi connectivity index (χ1n) is 7.08. The summed E-state index contributed by atoms with van der Waals surface area (Å²) in [5.41, 5.74) is 0.662. The standard InChI is InChI=1S/C18H20O5/c1-6-14(23-11(2)19)13-10-16(21-4)17-12(18(13)22-5)8-7-9-15(17)20-3/h6-10,14H,1H2,2-5H3. The van der Waals surface area contributed by atoms with Crippen LogP contribution in [0, 0.1) is 0 Å². The van der Waals surface area contributed by atoms with Crippen molar-refractivity contribution in [3.05, 3.63) is 42.5 Å². The number of benzene rings is 2. The molecule has 0 saturated carbocycles. The van der Waals surface area contributed by atoms with Crippen LogP contribution >= 0.6 is 0 Å². The lowest BCUT2D eigenvalue weighted by Gasteiger charge is -2.20. The Bertz CT molecular complexity index is 736. The second-order valence-corrected chi connectivity index (χ2v) is 4.85. The summed E-state index contributed by atoms with van der Waals surface area (Å²) < 4.78 is 21.8. The Morgan fingerprint density at radius 2 is 1.83 bits per heavy atom. The molecule has 5 nitrogen and oxygen atoms in total. The number of esters is 1. The third-order valence-corrected chi connectivity index (χ3v) is 3.52. The van der Waals surface area contributed by atoms with E-state index in [9.17, 15) is 4.79 Å². The number of carbonyl (C=O) groups excluding carboxylic acids is 1. The van der Waals surface area contributed by atoms with E-state index in [0.717, 1.165) is 10.8 Å². The Hall–Kier alpha value is -2.69. The first-order chi connectivity index (χ1) is 11.1. The van der Waals surface area contributed by atoms with Crippen molar-refractivity contribution in [2.24, 2.45) is 0 Å². The molecule has 0 bridgehead atoms. The molecule has 0 aliphatic carbocycles. The van der Waals surface area contributed by atoms with Gasteiger partial charge in [0.05, 0.1) is 26.7 Å². The molecule has 122 valence electrons. The van der Waals surface area contributed by atoms with Gasteiger partial charge in [-0.2, -0.15) is 0 Å². The van der Waals surface area contributed by atoms with Crippen molar-refractivity contribution in [3.63, 3.8) is 0 Å². The van der Waals surface area contributed by atoms with E-state index in [-0.39, 0.29) is 0 Å². The highest BCUT2D eigenvalue weighted by molar-refractivity contribution is 5.99. The molecule has 2 aromatic carbocycles. The van der Waals surface area contributed by atoms with E-state index < -0.39 is 12.1 Å². The van der Waals surface area contributed by atoms with E-state index in [2.05, 4.69) is 6.58 Å². The zero-order valence-corrected chi connectivity index (χ0v) is 13.7. The van der Waals surface area contributed by atoms with Crippen molar-refractivity contribution < 1.29 is 23.7 Å². The second kappa shape index (κ2) is 7.05. The number of ether oxygens (including phenoxy) is 4. The summed E-state index contributed by atoms with van der Waals surface area (Å²) >= 11 is 0. The highest BCUT2D eigenvalue weighted by Crippen LogP contribution is 2.44. The van der Waals surface area contributed by atoms with Crippen molar-refractivity contribution in [2.75, 3.05) is 21.3 Å². The van der Waals surface area contributed by atoms with E-state index in [1.165, 1.54) is 6.92 Å². The molecule has 1 unspecified atom stereocenters. The summed E-state index contributed by atoms with van der Waals surface area (Å²) in [5, 5.41) is 1.60. The van der Waals surface area contributed by atoms with Crippen LogP contribution in [0.15, 0.2) is 36.9 Å². The summed E-state index contributed by atoms with van der Waals surface area (Å²) in [5.74, 6) is 1.46. The minimum Gasteiger partial charge on any atom is -0.496 e. The fraction of sp³-hybridized carbons (Fsp3) is 0.278. The Labute approximate surface area is 135 Å². The van der Waals surface area contributed by atoms with Crippen LogP contribution in [0.1, 0.15) is 18.6 Å². The summed E-state index contributed by atoms with van der Waals surface area (Å²) in [6.07, 6.45) is 0.914. The Morgan fingerprint density at radius 3 is 2.35 bits per heavy atom. The van der Waals surface area contributed by atoms with Crippen LogP contribution in [-0.4, -0.2) is 27.3 Å². The molecule has 23 heavy (non-hydrogen) atoms. The molecule has 0 saturated heterocycles. The van der Waals surface area contributed by atoms with Crippen molar-refractivity contribution in [2.45, 2.75) is 13.0 Å². The number of hydrogen-bond donors (Lipinski definition) is 0. The van der Waals surface area contributed by atoms with Crippen LogP contribution in [0.4, 0.5) is 0 Å². The normalized spacial score (nSPS) is 11.7. The first-order valence-corrected chi connectivity index (χ1v) is 7.08. The molecule has 0 aliphatic rings. The zero-order chi connectivity index (χ0) is 17.0. The van der Waals surface area contributed by atoms with Gasteiger partial charge in [0.2, 0.25) is 0 Å². The molecule has 0 heterocycles. The fourth-order valence-electron chi connectivity index (χ4n) is 2.60. The minimum absolute atomic E-state index is 0.401. The Morgan fingerprint density at radius 1 is 1.13 bits per heavy atom. The Balaban J connectivity index is 2.81. The molecule has 1 atom stereocenters. The molecule has 2 rings (SSSR count). The van der Waals surface area contributed by atoms with Crippen molar-refractivity contribution in [1.29, 1.82) is 0 Å². The maximum atomic E-state index is 11.3. The van der Waals surface area contributed by atoms with Gasteiger partial charge in [0.1, 0.15) is 23.4 Å². The van der Waals surface area contributed by atoms with Crippen LogP contribution in [0.5, 0.6) is 17.2 Å². The van der Waals surface area contributed by atoms with Gasteiger partial charge in [-0.05, 0) is 18.2 Å². The van der Waals surface area contributed by atoms with E-state index >= 15 is 0 Å². The van der Waals surface area contributed by atoms with Gasteiger partial charge in [-0.15, -0.1) is 0 Å². The summed E-state index contributed by atoms with van der Waals surface area (Å²) in [7, 11) is 4.74. The molecule has 0 radical (unpaired) electrons. The molecule has 0 spiro atoms. The smallest absolute Gasteiger partial charge is 0.303 e. The quantitative estimate of drug-likeness (QED) is 0.601. The SMILES string of the molecule is C=CC(OC(C)=O)c1cc(OC)c2c(OC)cccc2c1OC. The van der Waals surface area contributed by atoms with E-state index in [4.69, 9.17) is 18.9 Å². The summed E-state index contributed by atoms with van der Waals surface area (Å²) in [4.78, 5) is 11.3. The van der Waals surface area contributed by atoms with Crippen LogP contribution in [-0.2, 0) is 9.53 Å².